The summed E-state index contributed by atoms with van der Waals surface area (Å²) in [5.74, 6) is -0.217. The van der Waals surface area contributed by atoms with Crippen molar-refractivity contribution in [2.24, 2.45) is 0 Å². The second-order valence-electron chi connectivity index (χ2n) is 6.56. The molecule has 8 heteroatoms. The van der Waals surface area contributed by atoms with Crippen LogP contribution in [0.4, 0.5) is 23.7 Å². The van der Waals surface area contributed by atoms with Crippen molar-refractivity contribution in [2.45, 2.75) is 12.1 Å². The van der Waals surface area contributed by atoms with Crippen LogP contribution in [0.5, 0.6) is 0 Å². The standard InChI is InChI=1S/C21H15F3N2O3/c22-21(23,24)19-17(9-10-18(27)26-19)25-20(28)29-11-16-14-7-3-1-5-12(14)13-6-2-4-8-15(13)16/h1-10,16H,11H2,(H,25,28)(H,26,27). The molecular weight excluding hydrogens is 385 g/mol. The van der Waals surface area contributed by atoms with Gasteiger partial charge in [-0.05, 0) is 28.3 Å². The molecule has 0 atom stereocenters. The molecule has 1 aromatic heterocycles. The van der Waals surface area contributed by atoms with Crippen LogP contribution in [0.3, 0.4) is 0 Å². The summed E-state index contributed by atoms with van der Waals surface area (Å²) in [6.45, 7) is -0.0371. The molecule has 1 amide bonds. The van der Waals surface area contributed by atoms with E-state index < -0.39 is 29.2 Å². The predicted octanol–water partition coefficient (Wildman–Crippen LogP) is 4.75. The third-order valence-corrected chi connectivity index (χ3v) is 4.78. The fourth-order valence-electron chi connectivity index (χ4n) is 3.55. The van der Waals surface area contributed by atoms with Crippen molar-refractivity contribution in [3.8, 4) is 11.1 Å². The molecule has 0 saturated heterocycles. The number of alkyl halides is 3. The number of amides is 1. The van der Waals surface area contributed by atoms with E-state index in [1.165, 1.54) is 0 Å². The highest BCUT2D eigenvalue weighted by molar-refractivity contribution is 5.85. The zero-order valence-corrected chi connectivity index (χ0v) is 14.9. The fourth-order valence-corrected chi connectivity index (χ4v) is 3.55. The Kier molecular flexibility index (Phi) is 4.62. The molecule has 29 heavy (non-hydrogen) atoms. The highest BCUT2D eigenvalue weighted by Crippen LogP contribution is 2.44. The lowest BCUT2D eigenvalue weighted by Crippen LogP contribution is -2.23. The third-order valence-electron chi connectivity index (χ3n) is 4.78. The lowest BCUT2D eigenvalue weighted by Gasteiger charge is -2.16. The lowest BCUT2D eigenvalue weighted by molar-refractivity contribution is -0.140. The molecule has 0 unspecified atom stereocenters. The Morgan fingerprint density at radius 1 is 0.966 bits per heavy atom. The zero-order chi connectivity index (χ0) is 20.6. The van der Waals surface area contributed by atoms with Crippen LogP contribution < -0.4 is 10.9 Å². The van der Waals surface area contributed by atoms with Gasteiger partial charge in [0.2, 0.25) is 5.56 Å². The number of nitrogens with one attached hydrogen (secondary N) is 2. The Morgan fingerprint density at radius 3 is 2.14 bits per heavy atom. The first-order valence-corrected chi connectivity index (χ1v) is 8.77. The number of benzene rings is 2. The van der Waals surface area contributed by atoms with Gasteiger partial charge in [0, 0.05) is 12.0 Å². The fraction of sp³-hybridized carbons (Fsp3) is 0.143. The molecule has 0 spiro atoms. The van der Waals surface area contributed by atoms with Gasteiger partial charge in [-0.2, -0.15) is 13.2 Å². The summed E-state index contributed by atoms with van der Waals surface area (Å²) in [6.07, 6.45) is -5.86. The molecule has 0 radical (unpaired) electrons. The second-order valence-corrected chi connectivity index (χ2v) is 6.56. The van der Waals surface area contributed by atoms with Crippen LogP contribution >= 0.6 is 0 Å². The maximum absolute atomic E-state index is 13.1. The summed E-state index contributed by atoms with van der Waals surface area (Å²) in [5, 5.41) is 2.06. The maximum Gasteiger partial charge on any atom is 0.433 e. The number of hydrogen-bond acceptors (Lipinski definition) is 3. The van der Waals surface area contributed by atoms with Crippen LogP contribution in [-0.2, 0) is 10.9 Å². The van der Waals surface area contributed by atoms with Gasteiger partial charge in [-0.15, -0.1) is 0 Å². The lowest BCUT2D eigenvalue weighted by atomic mass is 9.98. The largest absolute Gasteiger partial charge is 0.448 e. The van der Waals surface area contributed by atoms with Crippen LogP contribution in [0, 0.1) is 0 Å². The number of aromatic nitrogens is 1. The van der Waals surface area contributed by atoms with Gasteiger partial charge in [0.05, 0.1) is 5.69 Å². The van der Waals surface area contributed by atoms with Crippen molar-refractivity contribution < 1.29 is 22.7 Å². The topological polar surface area (TPSA) is 71.2 Å². The number of rotatable bonds is 3. The number of halogens is 3. The number of fused-ring (bicyclic) bond motifs is 3. The van der Waals surface area contributed by atoms with Crippen molar-refractivity contribution in [2.75, 3.05) is 11.9 Å². The highest BCUT2D eigenvalue weighted by Gasteiger charge is 2.36. The zero-order valence-electron chi connectivity index (χ0n) is 14.9. The number of hydrogen-bond donors (Lipinski definition) is 2. The summed E-state index contributed by atoms with van der Waals surface area (Å²) in [7, 11) is 0. The Morgan fingerprint density at radius 2 is 1.55 bits per heavy atom. The number of carbonyl (C=O) groups excluding carboxylic acids is 1. The van der Waals surface area contributed by atoms with Gasteiger partial charge in [0.1, 0.15) is 12.3 Å². The number of anilines is 1. The number of aromatic amines is 1. The average molecular weight is 400 g/mol. The molecule has 5 nitrogen and oxygen atoms in total. The van der Waals surface area contributed by atoms with Crippen molar-refractivity contribution in [1.82, 2.24) is 4.98 Å². The Bertz CT molecular complexity index is 1090. The highest BCUT2D eigenvalue weighted by atomic mass is 19.4. The minimum absolute atomic E-state index is 0.0371. The molecule has 0 saturated carbocycles. The van der Waals surface area contributed by atoms with Gasteiger partial charge in [-0.3, -0.25) is 10.1 Å². The molecule has 0 bridgehead atoms. The van der Waals surface area contributed by atoms with Crippen LogP contribution in [0.15, 0.2) is 65.5 Å². The van der Waals surface area contributed by atoms with Gasteiger partial charge >= 0.3 is 12.3 Å². The molecule has 2 aromatic carbocycles. The first-order valence-electron chi connectivity index (χ1n) is 8.77. The minimum Gasteiger partial charge on any atom is -0.448 e. The van der Waals surface area contributed by atoms with E-state index in [0.29, 0.717) is 0 Å². The smallest absolute Gasteiger partial charge is 0.433 e. The maximum atomic E-state index is 13.1. The van der Waals surface area contributed by atoms with E-state index in [1.807, 2.05) is 48.5 Å². The molecule has 3 aromatic rings. The van der Waals surface area contributed by atoms with Gasteiger partial charge in [-0.1, -0.05) is 48.5 Å². The molecule has 1 aliphatic carbocycles. The summed E-state index contributed by atoms with van der Waals surface area (Å²) in [5.41, 5.74) is 1.22. The first-order chi connectivity index (χ1) is 13.8. The summed E-state index contributed by atoms with van der Waals surface area (Å²) >= 11 is 0. The average Bonchev–Trinajstić information content (AvgIpc) is 3.01. The van der Waals surface area contributed by atoms with E-state index in [1.54, 1.807) is 4.98 Å². The minimum atomic E-state index is -4.83. The van der Waals surface area contributed by atoms with E-state index in [2.05, 4.69) is 5.32 Å². The van der Waals surface area contributed by atoms with Crippen molar-refractivity contribution in [1.29, 1.82) is 0 Å². The molecule has 148 valence electrons. The summed E-state index contributed by atoms with van der Waals surface area (Å²) in [6, 6.07) is 17.2. The Hall–Kier alpha value is -3.55. The molecule has 0 fully saturated rings. The summed E-state index contributed by atoms with van der Waals surface area (Å²) in [4.78, 5) is 25.1. The molecule has 0 aliphatic heterocycles. The van der Waals surface area contributed by atoms with Crippen LogP contribution in [0.1, 0.15) is 22.7 Å². The van der Waals surface area contributed by atoms with E-state index in [0.717, 1.165) is 34.4 Å². The monoisotopic (exact) mass is 400 g/mol. The number of ether oxygens (including phenoxy) is 1. The van der Waals surface area contributed by atoms with Gasteiger partial charge in [0.15, 0.2) is 0 Å². The first kappa shape index (κ1) is 18.8. The van der Waals surface area contributed by atoms with E-state index in [-0.39, 0.29) is 12.5 Å². The van der Waals surface area contributed by atoms with E-state index in [4.69, 9.17) is 4.74 Å². The number of pyridine rings is 1. The van der Waals surface area contributed by atoms with Crippen molar-refractivity contribution in [3.63, 3.8) is 0 Å². The molecular formula is C21H15F3N2O3. The molecule has 4 rings (SSSR count). The van der Waals surface area contributed by atoms with Crippen molar-refractivity contribution >= 4 is 11.8 Å². The van der Waals surface area contributed by atoms with Gasteiger partial charge < -0.3 is 9.72 Å². The van der Waals surface area contributed by atoms with Crippen LogP contribution in [0.2, 0.25) is 0 Å². The second kappa shape index (κ2) is 7.12. The SMILES string of the molecule is O=C(Nc1ccc(=O)[nH]c1C(F)(F)F)OCC1c2ccccc2-c2ccccc21. The van der Waals surface area contributed by atoms with Crippen LogP contribution in [-0.4, -0.2) is 17.7 Å². The number of H-pyrrole nitrogens is 1. The third kappa shape index (κ3) is 3.61. The van der Waals surface area contributed by atoms with Crippen LogP contribution in [0.25, 0.3) is 11.1 Å². The Labute approximate surface area is 163 Å². The van der Waals surface area contributed by atoms with Crippen molar-refractivity contribution in [3.05, 3.63) is 87.8 Å². The van der Waals surface area contributed by atoms with Gasteiger partial charge in [-0.25, -0.2) is 4.79 Å². The molecule has 2 N–H and O–H groups in total. The normalized spacial score (nSPS) is 12.9. The number of carbonyl (C=O) groups is 1. The summed E-state index contributed by atoms with van der Waals surface area (Å²) < 4.78 is 44.5. The molecule has 1 heterocycles. The molecule has 1 aliphatic rings. The van der Waals surface area contributed by atoms with E-state index in [9.17, 15) is 22.8 Å². The van der Waals surface area contributed by atoms with E-state index >= 15 is 0 Å². The Balaban J connectivity index is 1.53. The quantitative estimate of drug-likeness (QED) is 0.666. The van der Waals surface area contributed by atoms with Gasteiger partial charge in [0.25, 0.3) is 0 Å². The predicted molar refractivity (Wildman–Crippen MR) is 101 cm³/mol.